The van der Waals surface area contributed by atoms with Crippen LogP contribution in [0.4, 0.5) is 5.69 Å². The third-order valence-electron chi connectivity index (χ3n) is 6.11. The quantitative estimate of drug-likeness (QED) is 0.137. The van der Waals surface area contributed by atoms with Gasteiger partial charge in [0.05, 0.1) is 11.1 Å². The van der Waals surface area contributed by atoms with Crippen molar-refractivity contribution in [3.8, 4) is 23.3 Å². The van der Waals surface area contributed by atoms with E-state index >= 15 is 0 Å². The minimum atomic E-state index is -0.519. The molecule has 0 aliphatic heterocycles. The molecule has 0 spiro atoms. The van der Waals surface area contributed by atoms with Crippen LogP contribution in [0, 0.1) is 25.2 Å². The number of hydrogen-bond donors (Lipinski definition) is 1. The fraction of sp³-hybridized carbons (Fsp3) is 0.176. The molecule has 4 aromatic carbocycles. The summed E-state index contributed by atoms with van der Waals surface area (Å²) in [7, 11) is 0. The highest BCUT2D eigenvalue weighted by molar-refractivity contribution is 9.10. The lowest BCUT2D eigenvalue weighted by Crippen LogP contribution is -2.13. The topological polar surface area (TPSA) is 80.6 Å². The lowest BCUT2D eigenvalue weighted by Gasteiger charge is -2.15. The third-order valence-corrected chi connectivity index (χ3v) is 6.70. The number of benzene rings is 4. The number of nitrogens with one attached hydrogen (secondary N) is 1. The molecular weight excluding hydrogens is 580 g/mol. The van der Waals surface area contributed by atoms with E-state index in [4.69, 9.17) is 14.2 Å². The second-order valence-corrected chi connectivity index (χ2v) is 10.3. The molecule has 208 valence electrons. The van der Waals surface area contributed by atoms with Crippen molar-refractivity contribution in [2.75, 3.05) is 11.9 Å². The SMILES string of the molecule is CCOc1cc(/C=C(\C#N)C(=O)Nc2ccc(OCc3ccc(C)cc3)cc2)cc(Br)c1OCc1cccc(C)c1. The van der Waals surface area contributed by atoms with Crippen LogP contribution in [0.15, 0.2) is 95.0 Å². The summed E-state index contributed by atoms with van der Waals surface area (Å²) in [5.74, 6) is 1.23. The molecule has 0 radical (unpaired) electrons. The number of carbonyl (C=O) groups is 1. The zero-order chi connectivity index (χ0) is 29.2. The van der Waals surface area contributed by atoms with Crippen LogP contribution in [0.1, 0.15) is 34.7 Å². The van der Waals surface area contributed by atoms with E-state index in [1.165, 1.54) is 11.6 Å². The van der Waals surface area contributed by atoms with Gasteiger partial charge in [0.2, 0.25) is 0 Å². The van der Waals surface area contributed by atoms with Crippen molar-refractivity contribution in [1.29, 1.82) is 5.26 Å². The Morgan fingerprint density at radius 1 is 0.878 bits per heavy atom. The van der Waals surface area contributed by atoms with E-state index in [-0.39, 0.29) is 5.57 Å². The number of nitrogens with zero attached hydrogens (tertiary/aromatic N) is 1. The molecule has 41 heavy (non-hydrogen) atoms. The van der Waals surface area contributed by atoms with Crippen molar-refractivity contribution >= 4 is 33.6 Å². The zero-order valence-corrected chi connectivity index (χ0v) is 24.8. The van der Waals surface area contributed by atoms with Crippen molar-refractivity contribution in [3.63, 3.8) is 0 Å². The van der Waals surface area contributed by atoms with E-state index < -0.39 is 5.91 Å². The van der Waals surface area contributed by atoms with Crippen molar-refractivity contribution in [2.24, 2.45) is 0 Å². The Balaban J connectivity index is 1.43. The van der Waals surface area contributed by atoms with E-state index in [2.05, 4.69) is 27.3 Å². The van der Waals surface area contributed by atoms with E-state index in [1.54, 1.807) is 36.4 Å². The molecule has 0 heterocycles. The van der Waals surface area contributed by atoms with Crippen LogP contribution in [0.2, 0.25) is 0 Å². The van der Waals surface area contributed by atoms with Crippen LogP contribution in [0.25, 0.3) is 6.08 Å². The van der Waals surface area contributed by atoms with E-state index in [0.29, 0.717) is 52.8 Å². The van der Waals surface area contributed by atoms with Gasteiger partial charge < -0.3 is 19.5 Å². The predicted octanol–water partition coefficient (Wildman–Crippen LogP) is 8.17. The second-order valence-electron chi connectivity index (χ2n) is 9.46. The van der Waals surface area contributed by atoms with Crippen LogP contribution in [0.3, 0.4) is 0 Å². The molecule has 0 aromatic heterocycles. The molecule has 4 aromatic rings. The Morgan fingerprint density at radius 3 is 2.29 bits per heavy atom. The first-order chi connectivity index (χ1) is 19.8. The van der Waals surface area contributed by atoms with Gasteiger partial charge in [-0.05, 0) is 95.9 Å². The highest BCUT2D eigenvalue weighted by Crippen LogP contribution is 2.38. The van der Waals surface area contributed by atoms with Gasteiger partial charge in [-0.2, -0.15) is 5.26 Å². The summed E-state index contributed by atoms with van der Waals surface area (Å²) >= 11 is 3.57. The van der Waals surface area contributed by atoms with Crippen molar-refractivity contribution in [2.45, 2.75) is 34.0 Å². The van der Waals surface area contributed by atoms with Crippen molar-refractivity contribution in [3.05, 3.63) is 123 Å². The van der Waals surface area contributed by atoms with E-state index in [1.807, 2.05) is 69.3 Å². The third kappa shape index (κ3) is 8.47. The van der Waals surface area contributed by atoms with Crippen LogP contribution < -0.4 is 19.5 Å². The normalized spacial score (nSPS) is 11.0. The highest BCUT2D eigenvalue weighted by Gasteiger charge is 2.15. The standard InChI is InChI=1S/C34H31BrN2O4/c1-4-39-32-19-27(18-31(35)33(32)41-22-26-7-5-6-24(3)16-26)17-28(20-36)34(38)37-29-12-14-30(15-13-29)40-21-25-10-8-23(2)9-11-25/h5-19H,4,21-22H2,1-3H3,(H,37,38)/b28-17+. The first kappa shape index (κ1) is 29.4. The van der Waals surface area contributed by atoms with Gasteiger partial charge in [-0.15, -0.1) is 0 Å². The summed E-state index contributed by atoms with van der Waals surface area (Å²) in [5, 5.41) is 12.5. The van der Waals surface area contributed by atoms with Crippen molar-refractivity contribution < 1.29 is 19.0 Å². The Morgan fingerprint density at radius 2 is 1.61 bits per heavy atom. The highest BCUT2D eigenvalue weighted by atomic mass is 79.9. The number of anilines is 1. The number of aryl methyl sites for hydroxylation is 2. The summed E-state index contributed by atoms with van der Waals surface area (Å²) in [6, 6.07) is 28.8. The summed E-state index contributed by atoms with van der Waals surface area (Å²) in [6.45, 7) is 7.21. The van der Waals surface area contributed by atoms with Crippen LogP contribution >= 0.6 is 15.9 Å². The average Bonchev–Trinajstić information content (AvgIpc) is 2.96. The molecule has 0 unspecified atom stereocenters. The fourth-order valence-corrected chi connectivity index (χ4v) is 4.61. The first-order valence-electron chi connectivity index (χ1n) is 13.2. The van der Waals surface area contributed by atoms with Crippen molar-refractivity contribution in [1.82, 2.24) is 0 Å². The van der Waals surface area contributed by atoms with Crippen LogP contribution in [-0.4, -0.2) is 12.5 Å². The lowest BCUT2D eigenvalue weighted by atomic mass is 10.1. The van der Waals surface area contributed by atoms with E-state index in [0.717, 1.165) is 16.7 Å². The monoisotopic (exact) mass is 610 g/mol. The molecule has 0 aliphatic rings. The van der Waals surface area contributed by atoms with Gasteiger partial charge in [-0.3, -0.25) is 4.79 Å². The number of halogens is 1. The van der Waals surface area contributed by atoms with E-state index in [9.17, 15) is 10.1 Å². The van der Waals surface area contributed by atoms with Gasteiger partial charge in [0, 0.05) is 5.69 Å². The molecule has 1 N–H and O–H groups in total. The maximum absolute atomic E-state index is 12.9. The molecule has 0 saturated carbocycles. The Bertz CT molecular complexity index is 1570. The predicted molar refractivity (Wildman–Crippen MR) is 165 cm³/mol. The van der Waals surface area contributed by atoms with Gasteiger partial charge in [-0.25, -0.2) is 0 Å². The lowest BCUT2D eigenvalue weighted by molar-refractivity contribution is -0.112. The first-order valence-corrected chi connectivity index (χ1v) is 14.0. The number of rotatable bonds is 11. The number of hydrogen-bond acceptors (Lipinski definition) is 5. The number of amides is 1. The number of carbonyl (C=O) groups excluding carboxylic acids is 1. The van der Waals surface area contributed by atoms with Gasteiger partial charge in [-0.1, -0.05) is 59.7 Å². The second kappa shape index (κ2) is 14.2. The minimum absolute atomic E-state index is 0.0486. The summed E-state index contributed by atoms with van der Waals surface area (Å²) in [4.78, 5) is 12.9. The molecular formula is C34H31BrN2O4. The molecule has 1 amide bonds. The molecule has 0 aliphatic carbocycles. The summed E-state index contributed by atoms with van der Waals surface area (Å²) in [5.41, 5.74) is 5.58. The molecule has 0 atom stereocenters. The Hall–Kier alpha value is -4.54. The molecule has 0 bridgehead atoms. The molecule has 0 fully saturated rings. The van der Waals surface area contributed by atoms with Gasteiger partial charge >= 0.3 is 0 Å². The van der Waals surface area contributed by atoms with Gasteiger partial charge in [0.25, 0.3) is 5.91 Å². The molecule has 6 nitrogen and oxygen atoms in total. The fourth-order valence-electron chi connectivity index (χ4n) is 4.03. The Kier molecular flexibility index (Phi) is 10.2. The van der Waals surface area contributed by atoms with Gasteiger partial charge in [0.1, 0.15) is 30.6 Å². The summed E-state index contributed by atoms with van der Waals surface area (Å²) < 4.78 is 18.4. The number of nitriles is 1. The molecule has 7 heteroatoms. The van der Waals surface area contributed by atoms with Crippen LogP contribution in [-0.2, 0) is 18.0 Å². The summed E-state index contributed by atoms with van der Waals surface area (Å²) in [6.07, 6.45) is 1.52. The minimum Gasteiger partial charge on any atom is -0.490 e. The Labute approximate surface area is 249 Å². The number of ether oxygens (including phenoxy) is 3. The molecule has 0 saturated heterocycles. The smallest absolute Gasteiger partial charge is 0.266 e. The zero-order valence-electron chi connectivity index (χ0n) is 23.2. The van der Waals surface area contributed by atoms with Gasteiger partial charge in [0.15, 0.2) is 11.5 Å². The maximum atomic E-state index is 12.9. The largest absolute Gasteiger partial charge is 0.490 e. The van der Waals surface area contributed by atoms with Crippen LogP contribution in [0.5, 0.6) is 17.2 Å². The average molecular weight is 612 g/mol. The maximum Gasteiger partial charge on any atom is 0.266 e. The molecule has 4 rings (SSSR count).